The number of phosphoric ester groups is 1. The zero-order valence-corrected chi connectivity index (χ0v) is 31.1. The van der Waals surface area contributed by atoms with Crippen molar-refractivity contribution in [2.24, 2.45) is 0 Å². The first-order chi connectivity index (χ1) is 13.1. The molecule has 0 spiro atoms. The number of halogens is 9. The Labute approximate surface area is 250 Å². The minimum Gasteiger partial charge on any atom is -0.256 e. The van der Waals surface area contributed by atoms with E-state index in [-0.39, 0.29) is 14.5 Å². The van der Waals surface area contributed by atoms with Crippen LogP contribution in [0.15, 0.2) is 0 Å². The largest absolute Gasteiger partial charge is 0.481 e. The third kappa shape index (κ3) is 12.3. The predicted molar refractivity (Wildman–Crippen MR) is 155 cm³/mol. The summed E-state index contributed by atoms with van der Waals surface area (Å²) in [5, 5.41) is 0. The summed E-state index contributed by atoms with van der Waals surface area (Å²) in [6.45, 7) is 6.13. The second-order valence-electron chi connectivity index (χ2n) is 6.18. The van der Waals surface area contributed by atoms with Crippen LogP contribution in [0.1, 0.15) is 59.3 Å². The lowest BCUT2D eigenvalue weighted by atomic mass is 10.3. The Balaban J connectivity index is 5.89. The van der Waals surface area contributed by atoms with Gasteiger partial charge in [0.05, 0.1) is 14.5 Å². The first-order valence-electron chi connectivity index (χ1n) is 8.84. The average molecular weight is 1020 g/mol. The molecule has 0 aliphatic heterocycles. The van der Waals surface area contributed by atoms with E-state index in [4.69, 9.17) is 13.6 Å². The van der Waals surface area contributed by atoms with E-state index in [0.29, 0.717) is 0 Å². The van der Waals surface area contributed by atoms with Gasteiger partial charge in [0, 0.05) is 0 Å². The van der Waals surface area contributed by atoms with Crippen LogP contribution in [0.2, 0.25) is 0 Å². The molecule has 0 aliphatic rings. The van der Waals surface area contributed by atoms with E-state index < -0.39 is 18.1 Å². The highest BCUT2D eigenvalue weighted by Gasteiger charge is 2.52. The van der Waals surface area contributed by atoms with Crippen molar-refractivity contribution in [2.75, 3.05) is 0 Å². The van der Waals surface area contributed by atoms with Crippen LogP contribution in [-0.4, -0.2) is 24.7 Å². The van der Waals surface area contributed by atoms with Crippen molar-refractivity contribution in [2.45, 2.75) is 84.0 Å². The molecule has 0 aromatic heterocycles. The van der Waals surface area contributed by atoms with Crippen molar-refractivity contribution in [3.8, 4) is 0 Å². The molecule has 0 fully saturated rings. The molecule has 29 heavy (non-hydrogen) atoms. The van der Waals surface area contributed by atoms with Gasteiger partial charge in [-0.1, -0.05) is 87.8 Å². The predicted octanol–water partition coefficient (Wildman–Crippen LogP) is 11.2. The van der Waals surface area contributed by atoms with Crippen molar-refractivity contribution < 1.29 is 18.1 Å². The Hall–Kier alpha value is 4.43. The highest BCUT2D eigenvalue weighted by Crippen LogP contribution is 2.66. The molecular formula is C15H24Br9O4P. The average Bonchev–Trinajstić information content (AvgIpc) is 2.53. The molecule has 3 unspecified atom stereocenters. The van der Waals surface area contributed by atoms with E-state index in [0.717, 1.165) is 38.5 Å². The molecule has 0 saturated carbocycles. The minimum atomic E-state index is -4.19. The fourth-order valence-corrected chi connectivity index (χ4v) is 9.98. The molecule has 0 saturated heterocycles. The van der Waals surface area contributed by atoms with Crippen LogP contribution in [-0.2, 0) is 18.1 Å². The molecule has 0 radical (unpaired) electrons. The van der Waals surface area contributed by atoms with Gasteiger partial charge in [0.1, 0.15) is 0 Å². The summed E-state index contributed by atoms with van der Waals surface area (Å²) < 4.78 is 28.0. The Kier molecular flexibility index (Phi) is 17.1. The SMILES string of the molecule is CCCC(Br)C(Br)(Br)OP(=O)(OC(Br)(Br)C(Br)CCC)OC(Br)(Br)C(Br)CCC. The van der Waals surface area contributed by atoms with E-state index in [1.54, 1.807) is 0 Å². The number of alkyl halides is 9. The smallest absolute Gasteiger partial charge is 0.256 e. The maximum atomic E-state index is 13.9. The van der Waals surface area contributed by atoms with Crippen LogP contribution in [0.5, 0.6) is 0 Å². The van der Waals surface area contributed by atoms with Crippen molar-refractivity contribution in [3.63, 3.8) is 0 Å². The molecule has 4 nitrogen and oxygen atoms in total. The van der Waals surface area contributed by atoms with Crippen molar-refractivity contribution in [1.29, 1.82) is 0 Å². The standard InChI is InChI=1S/C15H24Br9O4P/c1-4-7-10(16)13(19,20)26-29(25,27-14(21,22)11(17)8-5-2)28-15(23,24)12(18)9-6-3/h10-12H,4-9H2,1-3H3. The van der Waals surface area contributed by atoms with E-state index in [1.165, 1.54) is 0 Å². The van der Waals surface area contributed by atoms with Crippen molar-refractivity contribution in [1.82, 2.24) is 0 Å². The van der Waals surface area contributed by atoms with Gasteiger partial charge in [-0.25, -0.2) is 4.57 Å². The normalized spacial score (nSPS) is 18.9. The first kappa shape index (κ1) is 33.4. The molecule has 176 valence electrons. The van der Waals surface area contributed by atoms with Crippen LogP contribution in [0.3, 0.4) is 0 Å². The van der Waals surface area contributed by atoms with Gasteiger partial charge in [-0.05, 0) is 115 Å². The van der Waals surface area contributed by atoms with Crippen LogP contribution >= 0.6 is 151 Å². The summed E-state index contributed by atoms with van der Waals surface area (Å²) in [5.41, 5.74) is 0. The summed E-state index contributed by atoms with van der Waals surface area (Å²) in [7, 11) is -4.19. The maximum absolute atomic E-state index is 13.9. The van der Waals surface area contributed by atoms with E-state index in [1.807, 2.05) is 20.8 Å². The third-order valence-electron chi connectivity index (χ3n) is 3.42. The fraction of sp³-hybridized carbons (Fsp3) is 1.00. The lowest BCUT2D eigenvalue weighted by Gasteiger charge is -2.37. The topological polar surface area (TPSA) is 44.8 Å². The molecule has 14 heteroatoms. The lowest BCUT2D eigenvalue weighted by Crippen LogP contribution is -2.35. The number of rotatable bonds is 15. The fourth-order valence-electron chi connectivity index (χ4n) is 1.94. The van der Waals surface area contributed by atoms with Gasteiger partial charge >= 0.3 is 7.82 Å². The van der Waals surface area contributed by atoms with Crippen LogP contribution in [0, 0.1) is 0 Å². The number of phosphoric acid groups is 1. The number of hydrogen-bond acceptors (Lipinski definition) is 4. The van der Waals surface area contributed by atoms with Gasteiger partial charge in [0.15, 0.2) is 0 Å². The summed E-state index contributed by atoms with van der Waals surface area (Å²) in [5.74, 6) is 0. The van der Waals surface area contributed by atoms with E-state index in [9.17, 15) is 4.57 Å². The zero-order chi connectivity index (χ0) is 23.1. The highest BCUT2D eigenvalue weighted by molar-refractivity contribution is 9.27. The summed E-state index contributed by atoms with van der Waals surface area (Å²) in [6, 6.07) is 0. The van der Waals surface area contributed by atoms with Gasteiger partial charge in [-0.3, -0.25) is 13.6 Å². The number of hydrogen-bond donors (Lipinski definition) is 0. The van der Waals surface area contributed by atoms with Gasteiger partial charge in [0.2, 0.25) is 10.3 Å². The van der Waals surface area contributed by atoms with Gasteiger partial charge in [0.25, 0.3) is 0 Å². The molecule has 3 atom stereocenters. The molecule has 0 aromatic rings. The first-order valence-corrected chi connectivity index (χ1v) is 17.8. The highest BCUT2D eigenvalue weighted by atomic mass is 79.9. The van der Waals surface area contributed by atoms with Gasteiger partial charge < -0.3 is 0 Å². The molecule has 0 bridgehead atoms. The zero-order valence-electron chi connectivity index (χ0n) is 16.0. The Morgan fingerprint density at radius 1 is 0.621 bits per heavy atom. The van der Waals surface area contributed by atoms with E-state index in [2.05, 4.69) is 143 Å². The van der Waals surface area contributed by atoms with Crippen LogP contribution in [0.4, 0.5) is 0 Å². The molecule has 0 aliphatic carbocycles. The summed E-state index contributed by atoms with van der Waals surface area (Å²) in [4.78, 5) is -0.607. The molecule has 0 amide bonds. The monoisotopic (exact) mass is 1010 g/mol. The van der Waals surface area contributed by atoms with E-state index >= 15 is 0 Å². The van der Waals surface area contributed by atoms with Crippen LogP contribution < -0.4 is 0 Å². The maximum Gasteiger partial charge on any atom is 0.481 e. The second-order valence-corrected chi connectivity index (χ2v) is 21.2. The molecule has 0 rings (SSSR count). The third-order valence-corrected chi connectivity index (χ3v) is 17.7. The second kappa shape index (κ2) is 14.9. The summed E-state index contributed by atoms with van der Waals surface area (Å²) >= 11 is 31.5. The summed E-state index contributed by atoms with van der Waals surface area (Å²) in [6.07, 6.45) is 4.95. The Morgan fingerprint density at radius 3 is 1.00 bits per heavy atom. The quantitative estimate of drug-likeness (QED) is 0.121. The minimum absolute atomic E-state index is 0.202. The molecule has 0 heterocycles. The molecule has 0 aromatic carbocycles. The van der Waals surface area contributed by atoms with Gasteiger partial charge in [-0.2, -0.15) is 0 Å². The van der Waals surface area contributed by atoms with Crippen LogP contribution in [0.25, 0.3) is 0 Å². The van der Waals surface area contributed by atoms with Crippen molar-refractivity contribution in [3.05, 3.63) is 0 Å². The molecular weight excluding hydrogens is 994 g/mol. The van der Waals surface area contributed by atoms with Crippen molar-refractivity contribution >= 4 is 151 Å². The lowest BCUT2D eigenvalue weighted by molar-refractivity contribution is 0.0742. The van der Waals surface area contributed by atoms with Gasteiger partial charge in [-0.15, -0.1) is 0 Å². The molecule has 0 N–H and O–H groups in total. The Morgan fingerprint density at radius 2 is 0.828 bits per heavy atom. The Bertz CT molecular complexity index is 465.